The number of rotatable bonds is 7. The van der Waals surface area contributed by atoms with Gasteiger partial charge < -0.3 is 15.0 Å². The van der Waals surface area contributed by atoms with Gasteiger partial charge in [-0.15, -0.1) is 0 Å². The highest BCUT2D eigenvalue weighted by Gasteiger charge is 2.16. The van der Waals surface area contributed by atoms with Gasteiger partial charge in [0.15, 0.2) is 0 Å². The molecule has 0 radical (unpaired) electrons. The quantitative estimate of drug-likeness (QED) is 0.821. The van der Waals surface area contributed by atoms with Gasteiger partial charge in [0.2, 0.25) is 0 Å². The predicted octanol–water partition coefficient (Wildman–Crippen LogP) is 1.69. The van der Waals surface area contributed by atoms with Crippen LogP contribution in [0.15, 0.2) is 18.2 Å². The van der Waals surface area contributed by atoms with E-state index in [0.29, 0.717) is 0 Å². The average molecular weight is 277 g/mol. The van der Waals surface area contributed by atoms with Gasteiger partial charge in [0.05, 0.1) is 0 Å². The molecule has 2 rings (SSSR count). The van der Waals surface area contributed by atoms with Gasteiger partial charge in [-0.1, -0.05) is 17.7 Å². The Bertz CT molecular complexity index is 422. The minimum atomic E-state index is 0.719. The first-order chi connectivity index (χ1) is 9.69. The topological polar surface area (TPSA) is 27.7 Å². The standard InChI is InChI=1S/C16H27N3O/c1-14-5-6-16-15(11-14)12-19(13-20-16)9-4-8-18(3)10-7-17-2/h5-6,11,17H,4,7-10,12-13H2,1-3H3. The highest BCUT2D eigenvalue weighted by atomic mass is 16.5. The van der Waals surface area contributed by atoms with Crippen molar-refractivity contribution in [2.45, 2.75) is 19.9 Å². The molecule has 1 aliphatic heterocycles. The third-order valence-electron chi connectivity index (χ3n) is 3.77. The van der Waals surface area contributed by atoms with Crippen LogP contribution in [0.25, 0.3) is 0 Å². The van der Waals surface area contributed by atoms with E-state index in [-0.39, 0.29) is 0 Å². The zero-order valence-electron chi connectivity index (χ0n) is 13.0. The van der Waals surface area contributed by atoms with Gasteiger partial charge in [0, 0.05) is 31.7 Å². The van der Waals surface area contributed by atoms with Gasteiger partial charge >= 0.3 is 0 Å². The Morgan fingerprint density at radius 2 is 2.20 bits per heavy atom. The van der Waals surface area contributed by atoms with Crippen molar-refractivity contribution < 1.29 is 4.74 Å². The van der Waals surface area contributed by atoms with Crippen molar-refractivity contribution in [3.63, 3.8) is 0 Å². The Morgan fingerprint density at radius 3 is 3.00 bits per heavy atom. The third-order valence-corrected chi connectivity index (χ3v) is 3.77. The second kappa shape index (κ2) is 7.62. The second-order valence-electron chi connectivity index (χ2n) is 5.70. The zero-order chi connectivity index (χ0) is 14.4. The van der Waals surface area contributed by atoms with Crippen LogP contribution in [0, 0.1) is 6.92 Å². The van der Waals surface area contributed by atoms with Crippen molar-refractivity contribution in [3.8, 4) is 5.75 Å². The number of hydrogen-bond acceptors (Lipinski definition) is 4. The van der Waals surface area contributed by atoms with Crippen LogP contribution in [0.2, 0.25) is 0 Å². The molecule has 0 unspecified atom stereocenters. The maximum atomic E-state index is 5.82. The van der Waals surface area contributed by atoms with Gasteiger partial charge in [0.1, 0.15) is 12.5 Å². The number of benzene rings is 1. The molecule has 0 saturated heterocycles. The lowest BCUT2D eigenvalue weighted by Gasteiger charge is -2.29. The van der Waals surface area contributed by atoms with Crippen molar-refractivity contribution in [2.75, 3.05) is 47.0 Å². The molecule has 0 aromatic heterocycles. The molecule has 112 valence electrons. The van der Waals surface area contributed by atoms with E-state index in [4.69, 9.17) is 4.74 Å². The first kappa shape index (κ1) is 15.3. The Labute approximate surface area is 122 Å². The maximum Gasteiger partial charge on any atom is 0.142 e. The summed E-state index contributed by atoms with van der Waals surface area (Å²) >= 11 is 0. The summed E-state index contributed by atoms with van der Waals surface area (Å²) in [4.78, 5) is 4.76. The van der Waals surface area contributed by atoms with E-state index in [0.717, 1.165) is 45.2 Å². The number of nitrogens with one attached hydrogen (secondary N) is 1. The average Bonchev–Trinajstić information content (AvgIpc) is 2.44. The Balaban J connectivity index is 1.73. The lowest BCUT2D eigenvalue weighted by Crippen LogP contribution is -2.35. The maximum absolute atomic E-state index is 5.82. The summed E-state index contributed by atoms with van der Waals surface area (Å²) in [6.07, 6.45) is 1.19. The second-order valence-corrected chi connectivity index (χ2v) is 5.70. The summed E-state index contributed by atoms with van der Waals surface area (Å²) in [6.45, 7) is 8.25. The predicted molar refractivity (Wildman–Crippen MR) is 83.1 cm³/mol. The van der Waals surface area contributed by atoms with E-state index >= 15 is 0 Å². The highest BCUT2D eigenvalue weighted by Crippen LogP contribution is 2.25. The van der Waals surface area contributed by atoms with Crippen LogP contribution in [0.4, 0.5) is 0 Å². The molecule has 4 heteroatoms. The molecule has 0 spiro atoms. The molecule has 4 nitrogen and oxygen atoms in total. The van der Waals surface area contributed by atoms with E-state index in [1.54, 1.807) is 0 Å². The van der Waals surface area contributed by atoms with Crippen LogP contribution >= 0.6 is 0 Å². The molecule has 0 aliphatic carbocycles. The summed E-state index contributed by atoms with van der Waals surface area (Å²) in [5.41, 5.74) is 2.63. The summed E-state index contributed by atoms with van der Waals surface area (Å²) in [5.74, 6) is 1.05. The molecule has 0 amide bonds. The van der Waals surface area contributed by atoms with Crippen LogP contribution in [0.3, 0.4) is 0 Å². The van der Waals surface area contributed by atoms with E-state index < -0.39 is 0 Å². The fourth-order valence-electron chi connectivity index (χ4n) is 2.54. The summed E-state index contributed by atoms with van der Waals surface area (Å²) < 4.78 is 5.82. The van der Waals surface area contributed by atoms with Crippen molar-refractivity contribution in [1.29, 1.82) is 0 Å². The van der Waals surface area contributed by atoms with Crippen LogP contribution in [-0.2, 0) is 6.54 Å². The largest absolute Gasteiger partial charge is 0.478 e. The molecule has 1 aromatic carbocycles. The monoisotopic (exact) mass is 277 g/mol. The van der Waals surface area contributed by atoms with Crippen LogP contribution < -0.4 is 10.1 Å². The molecule has 0 atom stereocenters. The van der Waals surface area contributed by atoms with Crippen LogP contribution in [0.1, 0.15) is 17.5 Å². The van der Waals surface area contributed by atoms with E-state index in [9.17, 15) is 0 Å². The lowest BCUT2D eigenvalue weighted by molar-refractivity contribution is 0.0913. The fourth-order valence-corrected chi connectivity index (χ4v) is 2.54. The van der Waals surface area contributed by atoms with E-state index in [1.807, 2.05) is 7.05 Å². The van der Waals surface area contributed by atoms with Crippen LogP contribution in [-0.4, -0.2) is 56.8 Å². The van der Waals surface area contributed by atoms with Gasteiger partial charge in [-0.05, 0) is 40.1 Å². The molecule has 1 N–H and O–H groups in total. The Kier molecular flexibility index (Phi) is 5.83. The normalized spacial score (nSPS) is 15.2. The zero-order valence-corrected chi connectivity index (χ0v) is 13.0. The van der Waals surface area contributed by atoms with Crippen molar-refractivity contribution in [1.82, 2.24) is 15.1 Å². The van der Waals surface area contributed by atoms with Gasteiger partial charge in [0.25, 0.3) is 0 Å². The molecule has 1 heterocycles. The number of fused-ring (bicyclic) bond motifs is 1. The fraction of sp³-hybridized carbons (Fsp3) is 0.625. The molecule has 1 aromatic rings. The number of ether oxygens (including phenoxy) is 1. The summed E-state index contributed by atoms with van der Waals surface area (Å²) in [5, 5.41) is 3.18. The summed E-state index contributed by atoms with van der Waals surface area (Å²) in [6, 6.07) is 6.44. The molecule has 20 heavy (non-hydrogen) atoms. The molecule has 1 aliphatic rings. The highest BCUT2D eigenvalue weighted by molar-refractivity contribution is 5.37. The minimum Gasteiger partial charge on any atom is -0.478 e. The molecule has 0 saturated carbocycles. The minimum absolute atomic E-state index is 0.719. The first-order valence-electron chi connectivity index (χ1n) is 7.47. The molecular formula is C16H27N3O. The molecule has 0 bridgehead atoms. The van der Waals surface area contributed by atoms with E-state index in [1.165, 1.54) is 17.5 Å². The van der Waals surface area contributed by atoms with Gasteiger partial charge in [-0.3, -0.25) is 4.90 Å². The Hall–Kier alpha value is -1.10. The molecule has 0 fully saturated rings. The number of likely N-dealkylation sites (N-methyl/N-ethyl adjacent to an activating group) is 2. The number of hydrogen-bond donors (Lipinski definition) is 1. The van der Waals surface area contributed by atoms with Crippen molar-refractivity contribution in [2.24, 2.45) is 0 Å². The number of nitrogens with zero attached hydrogens (tertiary/aromatic N) is 2. The first-order valence-corrected chi connectivity index (χ1v) is 7.47. The van der Waals surface area contributed by atoms with Crippen molar-refractivity contribution >= 4 is 0 Å². The summed E-state index contributed by atoms with van der Waals surface area (Å²) in [7, 11) is 4.18. The van der Waals surface area contributed by atoms with Gasteiger partial charge in [-0.25, -0.2) is 0 Å². The van der Waals surface area contributed by atoms with E-state index in [2.05, 4.69) is 47.3 Å². The van der Waals surface area contributed by atoms with Crippen LogP contribution in [0.5, 0.6) is 5.75 Å². The number of aryl methyl sites for hydroxylation is 1. The smallest absolute Gasteiger partial charge is 0.142 e. The third kappa shape index (κ3) is 4.47. The molecular weight excluding hydrogens is 250 g/mol. The SMILES string of the molecule is CNCCN(C)CCCN1COc2ccc(C)cc2C1. The van der Waals surface area contributed by atoms with Crippen molar-refractivity contribution in [3.05, 3.63) is 29.3 Å². The van der Waals surface area contributed by atoms with Gasteiger partial charge in [-0.2, -0.15) is 0 Å². The lowest BCUT2D eigenvalue weighted by atomic mass is 10.1. The Morgan fingerprint density at radius 1 is 1.35 bits per heavy atom.